The number of benzene rings is 1. The molecule has 0 aliphatic heterocycles. The number of carbonyl (C=O) groups excluding carboxylic acids is 8. The van der Waals surface area contributed by atoms with Crippen LogP contribution in [0, 0.1) is 11.6 Å². The van der Waals surface area contributed by atoms with E-state index in [0.29, 0.717) is 101 Å². The van der Waals surface area contributed by atoms with Gasteiger partial charge in [-0.25, -0.2) is 13.8 Å². The summed E-state index contributed by atoms with van der Waals surface area (Å²) < 4.78 is 27.1. The molecule has 648 valence electrons. The molecule has 0 radical (unpaired) electrons. The molecule has 0 amide bonds. The summed E-state index contributed by atoms with van der Waals surface area (Å²) >= 11 is 22.8. The maximum atomic E-state index is 13.6. The molecule has 18 nitrogen and oxygen atoms in total. The Labute approximate surface area is 740 Å². The first-order chi connectivity index (χ1) is 57.4. The Bertz CT molecular complexity index is 4150. The number of aromatic nitrogens is 2. The van der Waals surface area contributed by atoms with E-state index >= 15 is 0 Å². The van der Waals surface area contributed by atoms with Gasteiger partial charge in [0.15, 0.2) is 46.3 Å². The van der Waals surface area contributed by atoms with Gasteiger partial charge >= 0.3 is 0 Å². The minimum Gasteiger partial charge on any atom is -0.304 e. The average molecular weight is 1800 g/mol. The Morgan fingerprint density at radius 3 is 0.950 bits per heavy atom. The number of hydrogen-bond donors (Lipinski definition) is 8. The molecule has 8 aromatic rings. The largest absolute Gasteiger partial charge is 0.304 e. The maximum absolute atomic E-state index is 13.6. The van der Waals surface area contributed by atoms with Crippen LogP contribution in [0.4, 0.5) is 8.78 Å². The van der Waals surface area contributed by atoms with Gasteiger partial charge in [0.2, 0.25) is 0 Å². The molecule has 29 heteroatoms. The third kappa shape index (κ3) is 21.5. The number of halogens is 4. The van der Waals surface area contributed by atoms with Crippen molar-refractivity contribution in [1.29, 1.82) is 0 Å². The molecule has 7 heterocycles. The summed E-state index contributed by atoms with van der Waals surface area (Å²) in [5.41, 5.74) is 0.0335. The molecule has 8 N–H and O–H groups in total. The van der Waals surface area contributed by atoms with Crippen molar-refractivity contribution < 1.29 is 47.1 Å². The fourth-order valence-corrected chi connectivity index (χ4v) is 26.0. The zero-order valence-corrected chi connectivity index (χ0v) is 77.6. The summed E-state index contributed by atoms with van der Waals surface area (Å²) in [6.45, 7) is 2.15. The molecule has 8 aliphatic carbocycles. The number of carbonyl (C=O) groups is 8. The number of ketones is 8. The van der Waals surface area contributed by atoms with Crippen LogP contribution in [0.15, 0.2) is 111 Å². The summed E-state index contributed by atoms with van der Waals surface area (Å²) in [5.74, 6) is 1.60. The number of thiophene rings is 5. The lowest BCUT2D eigenvalue weighted by Gasteiger charge is -2.37. The van der Waals surface area contributed by atoms with Crippen LogP contribution in [0.2, 0.25) is 10.0 Å². The van der Waals surface area contributed by atoms with Crippen molar-refractivity contribution in [2.24, 2.45) is 0 Å². The monoisotopic (exact) mass is 1800 g/mol. The van der Waals surface area contributed by atoms with Gasteiger partial charge in [-0.15, -0.1) is 79.4 Å². The lowest BCUT2D eigenvalue weighted by molar-refractivity contribution is -0.128. The van der Waals surface area contributed by atoms with Crippen LogP contribution < -0.4 is 42.5 Å². The third-order valence-corrected chi connectivity index (χ3v) is 33.3. The van der Waals surface area contributed by atoms with Gasteiger partial charge in [-0.05, 0) is 234 Å². The lowest BCUT2D eigenvalue weighted by atomic mass is 9.74. The summed E-state index contributed by atoms with van der Waals surface area (Å²) in [4.78, 5) is 110. The van der Waals surface area contributed by atoms with Gasteiger partial charge in [0, 0.05) is 74.0 Å². The molecule has 8 saturated carbocycles. The van der Waals surface area contributed by atoms with Crippen molar-refractivity contribution >= 4 is 149 Å². The topological polar surface area (TPSA) is 259 Å². The minimum absolute atomic E-state index is 0.123. The zero-order chi connectivity index (χ0) is 85.9. The van der Waals surface area contributed by atoms with E-state index in [1.165, 1.54) is 50.8 Å². The van der Waals surface area contributed by atoms with Gasteiger partial charge in [0.1, 0.15) is 61.0 Å². The molecular formula is C90H120Cl2F2N10O8S7. The Morgan fingerprint density at radius 2 is 0.664 bits per heavy atom. The molecule has 8 fully saturated rings. The second kappa shape index (κ2) is 45.9. The van der Waals surface area contributed by atoms with Crippen LogP contribution >= 0.6 is 103 Å². The van der Waals surface area contributed by atoms with Crippen LogP contribution in [0.25, 0.3) is 0 Å². The fraction of sp³-hybridized carbons (Fsp3) is 0.556. The predicted octanol–water partition coefficient (Wildman–Crippen LogP) is 19.3. The Balaban J connectivity index is 0.000000155. The molecule has 16 rings (SSSR count). The predicted molar refractivity (Wildman–Crippen MR) is 485 cm³/mol. The fourth-order valence-electron chi connectivity index (χ4n) is 18.3. The highest BCUT2D eigenvalue weighted by atomic mass is 35.5. The summed E-state index contributed by atoms with van der Waals surface area (Å²) in [6.07, 6.45) is 33.2. The quantitative estimate of drug-likeness (QED) is 0.0421. The second-order valence-corrected chi connectivity index (χ2v) is 38.6. The third-order valence-electron chi connectivity index (χ3n) is 25.3. The molecule has 0 bridgehead atoms. The second-order valence-electron chi connectivity index (χ2n) is 31.4. The lowest BCUT2D eigenvalue weighted by Crippen LogP contribution is -2.49. The van der Waals surface area contributed by atoms with E-state index in [-0.39, 0.29) is 40.3 Å². The molecule has 8 aliphatic rings. The molecule has 0 unspecified atom stereocenters. The van der Waals surface area contributed by atoms with Gasteiger partial charge in [0.25, 0.3) is 0 Å². The summed E-state index contributed by atoms with van der Waals surface area (Å²) in [5, 5.41) is 38.9. The highest BCUT2D eigenvalue weighted by Crippen LogP contribution is 2.46. The average Bonchev–Trinajstić information content (AvgIpc) is 0.980. The SMILES string of the molecule is CCc1ccccc1[C@@]1(NC)CCCCC1=O.CN[C@]1(c2cccs2)CCCCC1=O.CN[C@]1(c2cncs2)CCCCC1=O.CN[C@]1(c2nccs2)CCCCC1=O.CN[C@]1(c2sccc2Cl)CCCCC1=O.CN[C@]1(c2sccc2Cl)CCCCC1=O.CN[C@]1(c2sccc2F)CCCCC1=O.CN[C@]1(c2sccc2F)CCCCC1=O. The highest BCUT2D eigenvalue weighted by molar-refractivity contribution is 7.12. The Kier molecular flexibility index (Phi) is 37.5. The highest BCUT2D eigenvalue weighted by Gasteiger charge is 2.49. The van der Waals surface area contributed by atoms with Crippen molar-refractivity contribution in [2.45, 2.75) is 263 Å². The number of nitrogens with zero attached hydrogens (tertiary/aromatic N) is 2. The van der Waals surface area contributed by atoms with E-state index < -0.39 is 38.8 Å². The minimum atomic E-state index is -0.753. The number of Topliss-reactive ketones (excluding diaryl/α,β-unsaturated/α-hetero) is 8. The van der Waals surface area contributed by atoms with E-state index in [1.807, 2.05) is 94.3 Å². The van der Waals surface area contributed by atoms with E-state index in [2.05, 4.69) is 83.7 Å². The number of thiazole rings is 2. The number of likely N-dealkylation sites (N-methyl/N-ethyl adjacent to an activating group) is 8. The molecule has 7 aromatic heterocycles. The van der Waals surface area contributed by atoms with Crippen LogP contribution in [-0.2, 0) is 89.1 Å². The first kappa shape index (κ1) is 97.3. The normalized spacial score (nSPS) is 27.0. The number of rotatable bonds is 17. The number of hydrogen-bond acceptors (Lipinski definition) is 25. The molecule has 0 saturated heterocycles. The standard InChI is InChI=1S/C15H21NO.2C11H14ClNOS.2C11H14FNOS.C11H15NOS.2C10H14N2OS/c1-3-12-8-4-5-9-13(12)15(16-2)11-7-6-10-14(15)17;4*1-13-11(6-3-2-4-9(11)14)10-8(12)5-7-15-10;1-12-11(10-6-4-8-14-10)7-3-2-5-9(11)13;1-11-10(9-6-12-7-14-9)5-3-2-4-8(10)13;1-11-10(9-12-6-7-14-9)5-3-2-4-8(10)13/h4-5,8-9,16H,3,6-7,10-11H2,1-2H3;4*5,7,13H,2-4,6H2,1H3;4,6,8,12H,2-3,5,7H2,1H3;2*6-7,11H,2-5H2,1H3/t15-;5*11-;2*10-/m01111111/s1. The van der Waals surface area contributed by atoms with Gasteiger partial charge in [-0.3, -0.25) is 43.3 Å². The molecule has 119 heavy (non-hydrogen) atoms. The molecule has 0 spiro atoms. The Hall–Kier alpha value is -5.54. The van der Waals surface area contributed by atoms with E-state index in [1.54, 1.807) is 93.2 Å². The summed E-state index contributed by atoms with van der Waals surface area (Å²) in [7, 11) is 14.7. The molecule has 1 aromatic carbocycles. The van der Waals surface area contributed by atoms with Gasteiger partial charge in [0.05, 0.1) is 39.9 Å². The first-order valence-corrected chi connectivity index (χ1v) is 49.0. The first-order valence-electron chi connectivity index (χ1n) is 42.1. The van der Waals surface area contributed by atoms with Gasteiger partial charge < -0.3 is 42.5 Å². The van der Waals surface area contributed by atoms with Crippen LogP contribution in [0.5, 0.6) is 0 Å². The maximum Gasteiger partial charge on any atom is 0.159 e. The van der Waals surface area contributed by atoms with Crippen LogP contribution in [0.1, 0.15) is 258 Å². The van der Waals surface area contributed by atoms with E-state index in [4.69, 9.17) is 23.2 Å². The van der Waals surface area contributed by atoms with Crippen LogP contribution in [-0.4, -0.2) is 113 Å². The molecule has 8 atom stereocenters. The van der Waals surface area contributed by atoms with Crippen molar-refractivity contribution in [3.63, 3.8) is 0 Å². The van der Waals surface area contributed by atoms with Gasteiger partial charge in [-0.1, -0.05) is 112 Å². The number of nitrogens with one attached hydrogen (secondary N) is 8. The Morgan fingerprint density at radius 1 is 0.336 bits per heavy atom. The van der Waals surface area contributed by atoms with Crippen molar-refractivity contribution in [1.82, 2.24) is 52.5 Å². The summed E-state index contributed by atoms with van der Waals surface area (Å²) in [6, 6.07) is 19.0. The molecular weight excluding hydrogens is 1680 g/mol. The van der Waals surface area contributed by atoms with Gasteiger partial charge in [-0.2, -0.15) is 0 Å². The number of aryl methyl sites for hydroxylation is 1. The van der Waals surface area contributed by atoms with Crippen LogP contribution in [0.3, 0.4) is 0 Å². The van der Waals surface area contributed by atoms with E-state index in [0.717, 1.165) is 174 Å². The van der Waals surface area contributed by atoms with Crippen molar-refractivity contribution in [2.75, 3.05) is 56.4 Å². The van der Waals surface area contributed by atoms with Crippen molar-refractivity contribution in [3.8, 4) is 0 Å². The van der Waals surface area contributed by atoms with E-state index in [9.17, 15) is 47.1 Å². The smallest absolute Gasteiger partial charge is 0.159 e. The zero-order valence-electron chi connectivity index (χ0n) is 70.3. The van der Waals surface area contributed by atoms with Crippen molar-refractivity contribution in [3.05, 3.63) is 178 Å².